The number of piperidine rings is 1. The number of hydrogen-bond acceptors (Lipinski definition) is 3. The van der Waals surface area contributed by atoms with E-state index in [1.165, 1.54) is 25.8 Å². The molecule has 2 rings (SSSR count). The van der Waals surface area contributed by atoms with Crippen LogP contribution in [0.5, 0.6) is 0 Å². The van der Waals surface area contributed by atoms with E-state index < -0.39 is 0 Å². The third-order valence-corrected chi connectivity index (χ3v) is 4.07. The molecule has 2 unspecified atom stereocenters. The van der Waals surface area contributed by atoms with Gasteiger partial charge in [-0.3, -0.25) is 0 Å². The molecule has 0 spiro atoms. The van der Waals surface area contributed by atoms with Crippen LogP contribution < -0.4 is 5.73 Å². The Morgan fingerprint density at radius 3 is 2.80 bits per heavy atom. The van der Waals surface area contributed by atoms with Crippen molar-refractivity contribution in [2.75, 3.05) is 19.6 Å². The highest BCUT2D eigenvalue weighted by molar-refractivity contribution is 5.01. The molecule has 0 aromatic carbocycles. The maximum Gasteiger partial charge on any atom is 0.0628 e. The van der Waals surface area contributed by atoms with Crippen LogP contribution in [0.15, 0.2) is 0 Å². The van der Waals surface area contributed by atoms with Gasteiger partial charge in [-0.2, -0.15) is 5.26 Å². The van der Waals surface area contributed by atoms with Crippen LogP contribution in [0.25, 0.3) is 0 Å². The zero-order chi connectivity index (χ0) is 10.9. The van der Waals surface area contributed by atoms with Gasteiger partial charge in [0.2, 0.25) is 0 Å². The first kappa shape index (κ1) is 10.9. The van der Waals surface area contributed by atoms with Crippen molar-refractivity contribution in [3.05, 3.63) is 0 Å². The van der Waals surface area contributed by atoms with Crippen molar-refractivity contribution >= 4 is 0 Å². The van der Waals surface area contributed by atoms with E-state index in [1.54, 1.807) is 0 Å². The lowest BCUT2D eigenvalue weighted by molar-refractivity contribution is 0.141. The Hall–Kier alpha value is -0.590. The molecule has 0 amide bonds. The summed E-state index contributed by atoms with van der Waals surface area (Å²) in [5, 5.41) is 8.77. The molecular weight excluding hydrogens is 186 g/mol. The largest absolute Gasteiger partial charge is 0.326 e. The van der Waals surface area contributed by atoms with Crippen molar-refractivity contribution in [3.63, 3.8) is 0 Å². The van der Waals surface area contributed by atoms with Gasteiger partial charge >= 0.3 is 0 Å². The molecule has 0 bridgehead atoms. The molecule has 2 aliphatic rings. The van der Waals surface area contributed by atoms with Gasteiger partial charge in [-0.05, 0) is 37.1 Å². The Morgan fingerprint density at radius 1 is 1.53 bits per heavy atom. The van der Waals surface area contributed by atoms with Gasteiger partial charge in [0, 0.05) is 25.6 Å². The number of nitrogens with two attached hydrogens (primary N) is 1. The van der Waals surface area contributed by atoms with Gasteiger partial charge < -0.3 is 10.6 Å². The van der Waals surface area contributed by atoms with Gasteiger partial charge in [0.15, 0.2) is 0 Å². The van der Waals surface area contributed by atoms with Crippen LogP contribution >= 0.6 is 0 Å². The van der Waals surface area contributed by atoms with Crippen LogP contribution in [0.1, 0.15) is 32.6 Å². The molecule has 2 fully saturated rings. The van der Waals surface area contributed by atoms with Gasteiger partial charge in [0.1, 0.15) is 0 Å². The summed E-state index contributed by atoms with van der Waals surface area (Å²) in [7, 11) is 0. The minimum absolute atomic E-state index is 0.330. The standard InChI is InChI=1S/C12H21N3/c1-10-2-7-15(8-11(10)14)9-12(3-4-12)5-6-13/h10-11H,2-5,7-9,14H2,1H3. The molecule has 1 saturated carbocycles. The molecule has 0 aromatic rings. The van der Waals surface area contributed by atoms with Gasteiger partial charge in [-0.15, -0.1) is 0 Å². The average Bonchev–Trinajstić information content (AvgIpc) is 2.92. The lowest BCUT2D eigenvalue weighted by atomic mass is 9.92. The van der Waals surface area contributed by atoms with Crippen LogP contribution in [-0.4, -0.2) is 30.6 Å². The van der Waals surface area contributed by atoms with E-state index in [2.05, 4.69) is 17.9 Å². The molecular formula is C12H21N3. The van der Waals surface area contributed by atoms with E-state index in [-0.39, 0.29) is 0 Å². The maximum absolute atomic E-state index is 8.77. The average molecular weight is 207 g/mol. The minimum Gasteiger partial charge on any atom is -0.326 e. The molecule has 15 heavy (non-hydrogen) atoms. The van der Waals surface area contributed by atoms with Gasteiger partial charge in [0.25, 0.3) is 0 Å². The van der Waals surface area contributed by atoms with Crippen molar-refractivity contribution in [1.82, 2.24) is 4.90 Å². The highest BCUT2D eigenvalue weighted by atomic mass is 15.2. The summed E-state index contributed by atoms with van der Waals surface area (Å²) in [5.74, 6) is 0.660. The second kappa shape index (κ2) is 4.11. The Bertz CT molecular complexity index is 265. The number of nitriles is 1. The summed E-state index contributed by atoms with van der Waals surface area (Å²) in [6.07, 6.45) is 4.42. The number of hydrogen-bond donors (Lipinski definition) is 1. The summed E-state index contributed by atoms with van der Waals surface area (Å²) < 4.78 is 0. The molecule has 1 heterocycles. The van der Waals surface area contributed by atoms with Crippen LogP contribution in [0, 0.1) is 22.7 Å². The number of likely N-dealkylation sites (tertiary alicyclic amines) is 1. The predicted molar refractivity (Wildman–Crippen MR) is 60.1 cm³/mol. The number of rotatable bonds is 3. The fraction of sp³-hybridized carbons (Fsp3) is 0.917. The molecule has 1 aliphatic carbocycles. The van der Waals surface area contributed by atoms with Crippen LogP contribution in [0.4, 0.5) is 0 Å². The van der Waals surface area contributed by atoms with Crippen molar-refractivity contribution in [1.29, 1.82) is 5.26 Å². The highest BCUT2D eigenvalue weighted by Gasteiger charge is 2.44. The smallest absolute Gasteiger partial charge is 0.0628 e. The second-order valence-electron chi connectivity index (χ2n) is 5.50. The molecule has 0 aromatic heterocycles. The van der Waals surface area contributed by atoms with Crippen molar-refractivity contribution in [2.45, 2.75) is 38.6 Å². The Labute approximate surface area is 92.2 Å². The zero-order valence-electron chi connectivity index (χ0n) is 9.58. The van der Waals surface area contributed by atoms with Crippen molar-refractivity contribution < 1.29 is 0 Å². The fourth-order valence-corrected chi connectivity index (χ4v) is 2.52. The number of nitrogens with zero attached hydrogens (tertiary/aromatic N) is 2. The molecule has 84 valence electrons. The topological polar surface area (TPSA) is 53.0 Å². The van der Waals surface area contributed by atoms with E-state index in [0.29, 0.717) is 17.4 Å². The van der Waals surface area contributed by atoms with Gasteiger partial charge in [-0.25, -0.2) is 0 Å². The summed E-state index contributed by atoms with van der Waals surface area (Å²) in [4.78, 5) is 2.47. The quantitative estimate of drug-likeness (QED) is 0.760. The minimum atomic E-state index is 0.330. The Morgan fingerprint density at radius 2 is 2.27 bits per heavy atom. The first-order valence-electron chi connectivity index (χ1n) is 6.00. The lowest BCUT2D eigenvalue weighted by Crippen LogP contribution is -2.49. The van der Waals surface area contributed by atoms with E-state index >= 15 is 0 Å². The molecule has 2 atom stereocenters. The second-order valence-corrected chi connectivity index (χ2v) is 5.50. The van der Waals surface area contributed by atoms with Crippen LogP contribution in [0.3, 0.4) is 0 Å². The van der Waals surface area contributed by atoms with Gasteiger partial charge in [0.05, 0.1) is 6.07 Å². The van der Waals surface area contributed by atoms with Crippen LogP contribution in [-0.2, 0) is 0 Å². The third kappa shape index (κ3) is 2.50. The van der Waals surface area contributed by atoms with E-state index in [4.69, 9.17) is 11.0 Å². The summed E-state index contributed by atoms with van der Waals surface area (Å²) in [6, 6.07) is 2.65. The first-order chi connectivity index (χ1) is 7.15. The summed E-state index contributed by atoms with van der Waals surface area (Å²) in [5.41, 5.74) is 6.42. The van der Waals surface area contributed by atoms with E-state index in [0.717, 1.165) is 19.5 Å². The van der Waals surface area contributed by atoms with E-state index in [9.17, 15) is 0 Å². The zero-order valence-corrected chi connectivity index (χ0v) is 9.58. The van der Waals surface area contributed by atoms with Crippen molar-refractivity contribution in [2.24, 2.45) is 17.1 Å². The maximum atomic E-state index is 8.77. The SMILES string of the molecule is CC1CCN(CC2(CC#N)CC2)CC1N. The first-order valence-corrected chi connectivity index (χ1v) is 6.00. The van der Waals surface area contributed by atoms with E-state index in [1.807, 2.05) is 0 Å². The predicted octanol–water partition coefficient (Wildman–Crippen LogP) is 1.35. The molecule has 1 saturated heterocycles. The molecule has 3 heteroatoms. The normalized spacial score (nSPS) is 34.7. The van der Waals surface area contributed by atoms with Gasteiger partial charge in [-0.1, -0.05) is 6.92 Å². The molecule has 0 radical (unpaired) electrons. The molecule has 2 N–H and O–H groups in total. The Kier molecular flexibility index (Phi) is 2.99. The monoisotopic (exact) mass is 207 g/mol. The molecule has 3 nitrogen and oxygen atoms in total. The third-order valence-electron chi connectivity index (χ3n) is 4.07. The summed E-state index contributed by atoms with van der Waals surface area (Å²) >= 11 is 0. The highest BCUT2D eigenvalue weighted by Crippen LogP contribution is 2.49. The molecule has 1 aliphatic heterocycles. The lowest BCUT2D eigenvalue weighted by Gasteiger charge is -2.36. The summed E-state index contributed by atoms with van der Waals surface area (Å²) in [6.45, 7) is 5.53. The van der Waals surface area contributed by atoms with Crippen molar-refractivity contribution in [3.8, 4) is 6.07 Å². The Balaban J connectivity index is 1.83. The fourth-order valence-electron chi connectivity index (χ4n) is 2.52. The van der Waals surface area contributed by atoms with Crippen LogP contribution in [0.2, 0.25) is 0 Å².